The smallest absolute Gasteiger partial charge is 0.392 e. The van der Waals surface area contributed by atoms with Crippen LogP contribution in [0.1, 0.15) is 11.1 Å². The van der Waals surface area contributed by atoms with Crippen LogP contribution < -0.4 is 10.3 Å². The van der Waals surface area contributed by atoms with Crippen LogP contribution in [0.2, 0.25) is 0 Å². The predicted octanol–water partition coefficient (Wildman–Crippen LogP) is 2.67. The van der Waals surface area contributed by atoms with Gasteiger partial charge in [0.1, 0.15) is 0 Å². The van der Waals surface area contributed by atoms with Gasteiger partial charge in [-0.05, 0) is 32.4 Å². The van der Waals surface area contributed by atoms with E-state index in [2.05, 4.69) is 66.1 Å². The molecule has 1 aromatic heterocycles. The number of aromatic nitrogens is 1. The molecule has 1 radical (unpaired) electrons. The standard InChI is InChI=1S/C18H19BN3.Ir/c1-15-9-8-10-16(2)18(15)19-21(3)13-6-7-14-22(19)17-11-4-5-12-20-17;/h4-13H,1-3H3;/q-1;. The molecule has 0 unspecified atom stereocenters. The van der Waals surface area contributed by atoms with Gasteiger partial charge >= 0.3 is 6.98 Å². The summed E-state index contributed by atoms with van der Waals surface area (Å²) in [5.41, 5.74) is 3.84. The topological polar surface area (TPSA) is 19.4 Å². The molecule has 119 valence electrons. The molecule has 2 heterocycles. The molecule has 3 rings (SSSR count). The van der Waals surface area contributed by atoms with Crippen molar-refractivity contribution in [3.8, 4) is 0 Å². The monoisotopic (exact) mass is 481 g/mol. The van der Waals surface area contributed by atoms with Crippen LogP contribution in [0.5, 0.6) is 0 Å². The molecule has 0 saturated heterocycles. The van der Waals surface area contributed by atoms with Crippen molar-refractivity contribution in [1.82, 2.24) is 9.79 Å². The third-order valence-corrected chi connectivity index (χ3v) is 3.96. The minimum absolute atomic E-state index is 0. The molecule has 0 spiro atoms. The number of aryl methyl sites for hydroxylation is 2. The Morgan fingerprint density at radius 3 is 2.43 bits per heavy atom. The van der Waals surface area contributed by atoms with Gasteiger partial charge in [-0.1, -0.05) is 47.7 Å². The Morgan fingerprint density at radius 2 is 1.78 bits per heavy atom. The van der Waals surface area contributed by atoms with Crippen molar-refractivity contribution in [3.05, 3.63) is 78.3 Å². The molecular formula is C18H19BIrN3-. The summed E-state index contributed by atoms with van der Waals surface area (Å²) in [4.78, 5) is 8.79. The zero-order valence-corrected chi connectivity index (χ0v) is 15.9. The normalized spacial score (nSPS) is 13.8. The second-order valence-corrected chi connectivity index (χ2v) is 5.54. The first-order chi connectivity index (χ1) is 10.7. The maximum Gasteiger partial charge on any atom is 0.392 e. The second-order valence-electron chi connectivity index (χ2n) is 5.54. The van der Waals surface area contributed by atoms with Crippen LogP contribution in [0.3, 0.4) is 0 Å². The number of anilines is 1. The van der Waals surface area contributed by atoms with Gasteiger partial charge in [-0.15, -0.1) is 12.3 Å². The van der Waals surface area contributed by atoms with Crippen molar-refractivity contribution in [1.29, 1.82) is 0 Å². The molecule has 1 aliphatic rings. The van der Waals surface area contributed by atoms with Crippen LogP contribution in [0.25, 0.3) is 0 Å². The Bertz CT molecular complexity index is 695. The molecule has 2 aromatic rings. The van der Waals surface area contributed by atoms with Gasteiger partial charge in [0.15, 0.2) is 0 Å². The summed E-state index contributed by atoms with van der Waals surface area (Å²) in [5, 5.41) is 0. The number of nitrogens with zero attached hydrogens (tertiary/aromatic N) is 3. The van der Waals surface area contributed by atoms with Crippen molar-refractivity contribution >= 4 is 18.3 Å². The average molecular weight is 480 g/mol. The van der Waals surface area contributed by atoms with E-state index in [9.17, 15) is 0 Å². The van der Waals surface area contributed by atoms with Crippen LogP contribution >= 0.6 is 0 Å². The molecule has 0 N–H and O–H groups in total. The summed E-state index contributed by atoms with van der Waals surface area (Å²) in [6.45, 7) is 4.35. The molecule has 1 aliphatic heterocycles. The third-order valence-electron chi connectivity index (χ3n) is 3.96. The maximum atomic E-state index is 4.50. The summed E-state index contributed by atoms with van der Waals surface area (Å²) in [6, 6.07) is 12.4. The quantitative estimate of drug-likeness (QED) is 0.487. The number of benzene rings is 1. The minimum atomic E-state index is 0. The molecular weight excluding hydrogens is 461 g/mol. The van der Waals surface area contributed by atoms with Gasteiger partial charge in [0.05, 0.1) is 0 Å². The van der Waals surface area contributed by atoms with Crippen LogP contribution in [0, 0.1) is 20.0 Å². The summed E-state index contributed by atoms with van der Waals surface area (Å²) < 4.78 is 0. The Labute approximate surface area is 152 Å². The number of allylic oxidation sites excluding steroid dienone is 2. The molecule has 23 heavy (non-hydrogen) atoms. The molecule has 0 bridgehead atoms. The maximum absolute atomic E-state index is 4.50. The van der Waals surface area contributed by atoms with Gasteiger partial charge in [-0.25, -0.2) is 0 Å². The van der Waals surface area contributed by atoms with Crippen molar-refractivity contribution in [2.75, 3.05) is 11.9 Å². The van der Waals surface area contributed by atoms with E-state index in [1.807, 2.05) is 36.5 Å². The predicted molar refractivity (Wildman–Crippen MR) is 92.7 cm³/mol. The van der Waals surface area contributed by atoms with E-state index < -0.39 is 0 Å². The van der Waals surface area contributed by atoms with Gasteiger partial charge in [-0.3, -0.25) is 0 Å². The van der Waals surface area contributed by atoms with Crippen LogP contribution in [-0.2, 0) is 20.1 Å². The van der Waals surface area contributed by atoms with E-state index in [1.165, 1.54) is 16.6 Å². The SMILES string of the molecule is Cc1cccc(C)c1B1N(C)C=CC=[C-]N1c1ccccn1.[Ir]. The first-order valence-corrected chi connectivity index (χ1v) is 7.43. The number of pyridine rings is 1. The first kappa shape index (κ1) is 17.5. The molecule has 0 fully saturated rings. The second kappa shape index (κ2) is 7.63. The molecule has 1 aromatic carbocycles. The Morgan fingerprint density at radius 1 is 1.04 bits per heavy atom. The number of hydrogen-bond acceptors (Lipinski definition) is 3. The van der Waals surface area contributed by atoms with Gasteiger partial charge in [0, 0.05) is 32.1 Å². The van der Waals surface area contributed by atoms with Crippen molar-refractivity contribution in [2.45, 2.75) is 13.8 Å². The van der Waals surface area contributed by atoms with Crippen molar-refractivity contribution < 1.29 is 20.1 Å². The van der Waals surface area contributed by atoms with E-state index in [4.69, 9.17) is 0 Å². The van der Waals surface area contributed by atoms with Crippen LogP contribution in [0.15, 0.2) is 60.9 Å². The summed E-state index contributed by atoms with van der Waals surface area (Å²) in [7, 11) is 2.09. The van der Waals surface area contributed by atoms with Gasteiger partial charge < -0.3 is 14.6 Å². The Kier molecular flexibility index (Phi) is 5.81. The molecule has 0 aliphatic carbocycles. The Balaban J connectivity index is 0.00000192. The van der Waals surface area contributed by atoms with E-state index in [0.29, 0.717) is 0 Å². The molecule has 3 nitrogen and oxygen atoms in total. The summed E-state index contributed by atoms with van der Waals surface area (Å²) >= 11 is 0. The zero-order chi connectivity index (χ0) is 15.5. The van der Waals surface area contributed by atoms with E-state index in [-0.39, 0.29) is 27.1 Å². The van der Waals surface area contributed by atoms with Crippen molar-refractivity contribution in [2.24, 2.45) is 0 Å². The van der Waals surface area contributed by atoms with Crippen LogP contribution in [0.4, 0.5) is 5.82 Å². The van der Waals surface area contributed by atoms with E-state index in [0.717, 1.165) is 5.82 Å². The fourth-order valence-corrected chi connectivity index (χ4v) is 2.89. The molecule has 0 saturated carbocycles. The minimum Gasteiger partial charge on any atom is -0.464 e. The summed E-state index contributed by atoms with van der Waals surface area (Å²) in [5.74, 6) is 0.891. The summed E-state index contributed by atoms with van der Waals surface area (Å²) in [6.07, 6.45) is 11.2. The zero-order valence-electron chi connectivity index (χ0n) is 13.5. The molecule has 0 amide bonds. The first-order valence-electron chi connectivity index (χ1n) is 7.43. The third kappa shape index (κ3) is 3.57. The van der Waals surface area contributed by atoms with E-state index >= 15 is 0 Å². The average Bonchev–Trinajstić information content (AvgIpc) is 2.71. The van der Waals surface area contributed by atoms with Gasteiger partial charge in [-0.2, -0.15) is 6.08 Å². The largest absolute Gasteiger partial charge is 0.464 e. The fraction of sp³-hybridized carbons (Fsp3) is 0.167. The van der Waals surface area contributed by atoms with Crippen molar-refractivity contribution in [3.63, 3.8) is 0 Å². The molecule has 0 atom stereocenters. The fourth-order valence-electron chi connectivity index (χ4n) is 2.89. The van der Waals surface area contributed by atoms with Gasteiger partial charge in [0.25, 0.3) is 0 Å². The Hall–Kier alpha value is -1.84. The number of rotatable bonds is 2. The van der Waals surface area contributed by atoms with Gasteiger partial charge in [0.2, 0.25) is 0 Å². The molecule has 5 heteroatoms. The van der Waals surface area contributed by atoms with Crippen LogP contribution in [-0.4, -0.2) is 23.8 Å². The number of hydrogen-bond donors (Lipinski definition) is 0. The van der Waals surface area contributed by atoms with E-state index in [1.54, 1.807) is 0 Å².